The number of aliphatic carboxylic acids is 1. The predicted octanol–water partition coefficient (Wildman–Crippen LogP) is 2.93. The molecule has 3 N–H and O–H groups in total. The summed E-state index contributed by atoms with van der Waals surface area (Å²) in [5, 5.41) is 20.4. The summed E-state index contributed by atoms with van der Waals surface area (Å²) in [6.07, 6.45) is -0.658. The van der Waals surface area contributed by atoms with Crippen LogP contribution < -0.4 is 5.32 Å². The Hall–Kier alpha value is -3.30. The van der Waals surface area contributed by atoms with Crippen molar-refractivity contribution < 1.29 is 76.6 Å². The van der Waals surface area contributed by atoms with E-state index in [0.29, 0.717) is 132 Å². The molecule has 0 aromatic heterocycles. The average Bonchev–Trinajstić information content (AvgIpc) is 3.56. The second-order valence-electron chi connectivity index (χ2n) is 13.0. The van der Waals surface area contributed by atoms with Crippen molar-refractivity contribution >= 4 is 12.1 Å². The van der Waals surface area contributed by atoms with E-state index in [2.05, 4.69) is 29.6 Å². The molecule has 0 fully saturated rings. The number of hydrogen-bond acceptors (Lipinski definition) is 15. The summed E-state index contributed by atoms with van der Waals surface area (Å²) in [5.74, 6) is -0.985. The molecule has 1 aliphatic carbocycles. The van der Waals surface area contributed by atoms with Gasteiger partial charge in [0.1, 0.15) is 6.61 Å². The summed E-state index contributed by atoms with van der Waals surface area (Å²) < 4.78 is 65.9. The van der Waals surface area contributed by atoms with Crippen LogP contribution in [0.1, 0.15) is 29.9 Å². The van der Waals surface area contributed by atoms with Crippen LogP contribution in [0.3, 0.4) is 0 Å². The molecule has 59 heavy (non-hydrogen) atoms. The van der Waals surface area contributed by atoms with Gasteiger partial charge < -0.3 is 72.4 Å². The lowest BCUT2D eigenvalue weighted by Gasteiger charge is -2.19. The van der Waals surface area contributed by atoms with Gasteiger partial charge in [-0.05, 0) is 28.7 Å². The van der Waals surface area contributed by atoms with Gasteiger partial charge in [-0.1, -0.05) is 48.5 Å². The van der Waals surface area contributed by atoms with Crippen LogP contribution in [0.4, 0.5) is 4.79 Å². The van der Waals surface area contributed by atoms with Gasteiger partial charge in [0.2, 0.25) is 0 Å². The Kier molecular flexibility index (Phi) is 29.2. The molecular weight excluding hydrogens is 774 g/mol. The van der Waals surface area contributed by atoms with Gasteiger partial charge in [-0.3, -0.25) is 4.79 Å². The van der Waals surface area contributed by atoms with Crippen LogP contribution in [0.15, 0.2) is 48.5 Å². The van der Waals surface area contributed by atoms with Crippen LogP contribution in [0, 0.1) is 0 Å². The lowest BCUT2D eigenvalue weighted by atomic mass is 9.98. The van der Waals surface area contributed by atoms with Crippen molar-refractivity contribution in [1.29, 1.82) is 0 Å². The van der Waals surface area contributed by atoms with Crippen LogP contribution >= 0.6 is 0 Å². The molecule has 2 aromatic carbocycles. The lowest BCUT2D eigenvalue weighted by molar-refractivity contribution is -0.139. The van der Waals surface area contributed by atoms with E-state index < -0.39 is 18.2 Å². The Morgan fingerprint density at radius 1 is 0.542 bits per heavy atom. The number of carboxylic acids is 1. The summed E-state index contributed by atoms with van der Waals surface area (Å²) in [7, 11) is 0. The zero-order chi connectivity index (χ0) is 41.9. The summed E-state index contributed by atoms with van der Waals surface area (Å²) in [5.41, 5.74) is 4.60. The highest BCUT2D eigenvalue weighted by Gasteiger charge is 2.29. The zero-order valence-corrected chi connectivity index (χ0v) is 34.3. The maximum absolute atomic E-state index is 12.6. The van der Waals surface area contributed by atoms with Crippen LogP contribution in [0.2, 0.25) is 0 Å². The largest absolute Gasteiger partial charge is 0.481 e. The number of carbonyl (C=O) groups excluding carboxylic acids is 1. The number of alkyl carbamates (subject to hydrolysis) is 1. The first-order valence-electron chi connectivity index (χ1n) is 20.4. The van der Waals surface area contributed by atoms with Crippen molar-refractivity contribution in [3.63, 3.8) is 0 Å². The first kappa shape index (κ1) is 50.1. The number of hydrogen-bond donors (Lipinski definition) is 3. The Labute approximate surface area is 347 Å². The van der Waals surface area contributed by atoms with Gasteiger partial charge in [0.05, 0.1) is 158 Å². The quantitative estimate of drug-likeness (QED) is 0.0828. The molecule has 1 atom stereocenters. The van der Waals surface area contributed by atoms with E-state index in [4.69, 9.17) is 67.1 Å². The first-order chi connectivity index (χ1) is 29.1. The van der Waals surface area contributed by atoms with Crippen LogP contribution in [0.5, 0.6) is 0 Å². The van der Waals surface area contributed by atoms with E-state index in [9.17, 15) is 9.59 Å². The van der Waals surface area contributed by atoms with Gasteiger partial charge in [-0.15, -0.1) is 0 Å². The molecule has 0 radical (unpaired) electrons. The minimum Gasteiger partial charge on any atom is -0.481 e. The van der Waals surface area contributed by atoms with Crippen molar-refractivity contribution in [2.75, 3.05) is 159 Å². The summed E-state index contributed by atoms with van der Waals surface area (Å²) in [4.78, 5) is 23.5. The van der Waals surface area contributed by atoms with Gasteiger partial charge in [0.25, 0.3) is 0 Å². The second-order valence-corrected chi connectivity index (χ2v) is 13.0. The molecule has 1 unspecified atom stereocenters. The lowest BCUT2D eigenvalue weighted by Crippen LogP contribution is -2.31. The third-order valence-corrected chi connectivity index (χ3v) is 8.64. The van der Waals surface area contributed by atoms with E-state index in [0.717, 1.165) is 22.3 Å². The third kappa shape index (κ3) is 23.9. The van der Waals surface area contributed by atoms with Gasteiger partial charge in [0.15, 0.2) is 0 Å². The molecule has 2 aromatic rings. The van der Waals surface area contributed by atoms with Crippen LogP contribution in [-0.4, -0.2) is 187 Å². The van der Waals surface area contributed by atoms with Crippen molar-refractivity contribution in [3.8, 4) is 11.1 Å². The number of fused-ring (bicyclic) bond motifs is 3. The van der Waals surface area contributed by atoms with Gasteiger partial charge >= 0.3 is 12.1 Å². The molecule has 3 rings (SSSR count). The number of benzene rings is 2. The molecule has 0 heterocycles. The molecule has 17 heteroatoms. The average molecular weight is 840 g/mol. The van der Waals surface area contributed by atoms with E-state index >= 15 is 0 Å². The predicted molar refractivity (Wildman–Crippen MR) is 215 cm³/mol. The summed E-state index contributed by atoms with van der Waals surface area (Å²) in [6.45, 7) is 9.10. The number of ether oxygens (including phenoxy) is 12. The third-order valence-electron chi connectivity index (χ3n) is 8.64. The molecule has 17 nitrogen and oxygen atoms in total. The van der Waals surface area contributed by atoms with E-state index in [-0.39, 0.29) is 45.3 Å². The highest BCUT2D eigenvalue weighted by Crippen LogP contribution is 2.44. The number of rotatable bonds is 40. The summed E-state index contributed by atoms with van der Waals surface area (Å²) in [6, 6.07) is 16.3. The first-order valence-corrected chi connectivity index (χ1v) is 20.4. The zero-order valence-electron chi connectivity index (χ0n) is 34.3. The Balaban J connectivity index is 1.07. The number of carboxylic acid groups (broad SMARTS) is 1. The molecule has 0 bridgehead atoms. The number of amides is 1. The Bertz CT molecular complexity index is 1310. The maximum atomic E-state index is 12.6. The van der Waals surface area contributed by atoms with Crippen LogP contribution in [-0.2, 0) is 61.6 Å². The van der Waals surface area contributed by atoms with Crippen molar-refractivity contribution in [3.05, 3.63) is 59.7 Å². The van der Waals surface area contributed by atoms with Gasteiger partial charge in [-0.2, -0.15) is 0 Å². The highest BCUT2D eigenvalue weighted by atomic mass is 16.6. The van der Waals surface area contributed by atoms with Gasteiger partial charge in [0, 0.05) is 12.5 Å². The number of nitrogens with one attached hydrogen (secondary N) is 1. The smallest absolute Gasteiger partial charge is 0.407 e. The van der Waals surface area contributed by atoms with Crippen molar-refractivity contribution in [2.45, 2.75) is 24.9 Å². The highest BCUT2D eigenvalue weighted by molar-refractivity contribution is 5.79. The number of aliphatic hydroxyl groups excluding tert-OH is 1. The maximum Gasteiger partial charge on any atom is 0.407 e. The molecule has 1 aliphatic rings. The normalized spacial score (nSPS) is 12.7. The topological polar surface area (TPSA) is 197 Å². The van der Waals surface area contributed by atoms with Gasteiger partial charge in [-0.25, -0.2) is 4.79 Å². The molecule has 0 saturated heterocycles. The molecule has 0 spiro atoms. The monoisotopic (exact) mass is 839 g/mol. The minimum absolute atomic E-state index is 0.0125. The molecule has 1 amide bonds. The van der Waals surface area contributed by atoms with E-state index in [1.165, 1.54) is 0 Å². The Morgan fingerprint density at radius 2 is 0.932 bits per heavy atom. The molecule has 334 valence electrons. The fourth-order valence-corrected chi connectivity index (χ4v) is 5.77. The molecule has 0 saturated carbocycles. The standard InChI is InChI=1S/C42H65NO16/c44-12-14-48-15-16-49-17-18-50-19-20-51-21-22-52-23-24-53-25-26-54-27-28-55-29-30-56-31-32-57-33-35(58-13-10-41(45)46)9-11-43-42(47)59-34-40-38-7-3-1-5-36(38)37-6-2-4-8-39(37)40/h1-8,35,40,44H,9-34H2,(H,43,47)(H,45,46). The Morgan fingerprint density at radius 3 is 1.34 bits per heavy atom. The minimum atomic E-state index is -0.953. The number of aliphatic hydroxyl groups is 1. The SMILES string of the molecule is O=C(O)CCOC(CCNC(=O)OCC1c2ccccc2-c2ccccc21)COCCOCCOCCOCCOCCOCCOCCOCCOCCOCCO. The molecular formula is C42H65NO16. The summed E-state index contributed by atoms with van der Waals surface area (Å²) >= 11 is 0. The fraction of sp³-hybridized carbons (Fsp3) is 0.667. The van der Waals surface area contributed by atoms with Crippen molar-refractivity contribution in [1.82, 2.24) is 5.32 Å². The number of carbonyl (C=O) groups is 2. The molecule has 0 aliphatic heterocycles. The van der Waals surface area contributed by atoms with Crippen molar-refractivity contribution in [2.24, 2.45) is 0 Å². The van der Waals surface area contributed by atoms with E-state index in [1.807, 2.05) is 24.3 Å². The van der Waals surface area contributed by atoms with Crippen LogP contribution in [0.25, 0.3) is 11.1 Å². The van der Waals surface area contributed by atoms with E-state index in [1.54, 1.807) is 0 Å². The second kappa shape index (κ2) is 34.4. The fourth-order valence-electron chi connectivity index (χ4n) is 5.77.